The maximum atomic E-state index is 12.8. The van der Waals surface area contributed by atoms with Gasteiger partial charge in [0.05, 0.1) is 13.7 Å². The summed E-state index contributed by atoms with van der Waals surface area (Å²) in [4.78, 5) is 18.8. The van der Waals surface area contributed by atoms with E-state index in [1.54, 1.807) is 24.3 Å². The SMILES string of the molecule is COc1ccc(CN(C(=O)COc2ccc(Br)cc2)c2ccccn2)cc1. The van der Waals surface area contributed by atoms with Crippen LogP contribution in [0.25, 0.3) is 0 Å². The topological polar surface area (TPSA) is 51.7 Å². The smallest absolute Gasteiger partial charge is 0.266 e. The second-order valence-electron chi connectivity index (χ2n) is 5.76. The molecule has 3 rings (SSSR count). The predicted octanol–water partition coefficient (Wildman–Crippen LogP) is 4.46. The van der Waals surface area contributed by atoms with Gasteiger partial charge < -0.3 is 9.47 Å². The molecule has 3 aromatic rings. The Morgan fingerprint density at radius 1 is 1.00 bits per heavy atom. The van der Waals surface area contributed by atoms with Crippen LogP contribution in [0.15, 0.2) is 77.4 Å². The Labute approximate surface area is 166 Å². The van der Waals surface area contributed by atoms with E-state index in [1.807, 2.05) is 60.7 Å². The number of nitrogens with zero attached hydrogens (tertiary/aromatic N) is 2. The predicted molar refractivity (Wildman–Crippen MR) is 108 cm³/mol. The molecule has 1 aromatic heterocycles. The van der Waals surface area contributed by atoms with E-state index in [2.05, 4.69) is 20.9 Å². The number of hydrogen-bond acceptors (Lipinski definition) is 4. The van der Waals surface area contributed by atoms with Gasteiger partial charge in [0.1, 0.15) is 17.3 Å². The highest BCUT2D eigenvalue weighted by molar-refractivity contribution is 9.10. The summed E-state index contributed by atoms with van der Waals surface area (Å²) < 4.78 is 11.8. The Bertz CT molecular complexity index is 868. The van der Waals surface area contributed by atoms with Crippen molar-refractivity contribution in [2.24, 2.45) is 0 Å². The summed E-state index contributed by atoms with van der Waals surface area (Å²) >= 11 is 3.38. The van der Waals surface area contributed by atoms with Crippen LogP contribution in [0.3, 0.4) is 0 Å². The van der Waals surface area contributed by atoms with Gasteiger partial charge in [0.15, 0.2) is 6.61 Å². The van der Waals surface area contributed by atoms with E-state index < -0.39 is 0 Å². The van der Waals surface area contributed by atoms with Gasteiger partial charge in [-0.25, -0.2) is 4.98 Å². The monoisotopic (exact) mass is 426 g/mol. The fraction of sp³-hybridized carbons (Fsp3) is 0.143. The van der Waals surface area contributed by atoms with Crippen LogP contribution >= 0.6 is 15.9 Å². The molecule has 5 nitrogen and oxygen atoms in total. The van der Waals surface area contributed by atoms with Gasteiger partial charge in [-0.1, -0.05) is 34.1 Å². The van der Waals surface area contributed by atoms with Crippen LogP contribution in [-0.4, -0.2) is 24.6 Å². The first kappa shape index (κ1) is 18.9. The lowest BCUT2D eigenvalue weighted by molar-refractivity contribution is -0.120. The Kier molecular flexibility index (Phi) is 6.44. The number of halogens is 1. The highest BCUT2D eigenvalue weighted by atomic mass is 79.9. The zero-order valence-electron chi connectivity index (χ0n) is 14.8. The van der Waals surface area contributed by atoms with Crippen LogP contribution in [0.4, 0.5) is 5.82 Å². The molecule has 0 unspecified atom stereocenters. The minimum absolute atomic E-state index is 0.0750. The Morgan fingerprint density at radius 2 is 1.70 bits per heavy atom. The van der Waals surface area contributed by atoms with E-state index in [4.69, 9.17) is 9.47 Å². The average molecular weight is 427 g/mol. The highest BCUT2D eigenvalue weighted by Crippen LogP contribution is 2.19. The van der Waals surface area contributed by atoms with E-state index >= 15 is 0 Å². The zero-order chi connectivity index (χ0) is 19.1. The third-order valence-corrected chi connectivity index (χ3v) is 4.43. The molecule has 0 radical (unpaired) electrons. The van der Waals surface area contributed by atoms with Crippen LogP contribution in [0.5, 0.6) is 11.5 Å². The fourth-order valence-electron chi connectivity index (χ4n) is 2.48. The summed E-state index contributed by atoms with van der Waals surface area (Å²) in [5, 5.41) is 0. The second kappa shape index (κ2) is 9.19. The first-order valence-corrected chi connectivity index (χ1v) is 9.18. The van der Waals surface area contributed by atoms with Crippen LogP contribution in [-0.2, 0) is 11.3 Å². The van der Waals surface area contributed by atoms with E-state index in [1.165, 1.54) is 0 Å². The summed E-state index contributed by atoms with van der Waals surface area (Å²) in [6.45, 7) is 0.317. The van der Waals surface area contributed by atoms with Gasteiger partial charge in [-0.3, -0.25) is 9.69 Å². The second-order valence-corrected chi connectivity index (χ2v) is 6.67. The lowest BCUT2D eigenvalue weighted by atomic mass is 10.2. The fourth-order valence-corrected chi connectivity index (χ4v) is 2.74. The van der Waals surface area contributed by atoms with Gasteiger partial charge >= 0.3 is 0 Å². The van der Waals surface area contributed by atoms with Gasteiger partial charge in [-0.15, -0.1) is 0 Å². The molecule has 0 atom stereocenters. The van der Waals surface area contributed by atoms with Gasteiger partial charge in [-0.2, -0.15) is 0 Å². The molecule has 1 amide bonds. The highest BCUT2D eigenvalue weighted by Gasteiger charge is 2.18. The Hall–Kier alpha value is -2.86. The van der Waals surface area contributed by atoms with Gasteiger partial charge in [0.25, 0.3) is 5.91 Å². The van der Waals surface area contributed by atoms with Gasteiger partial charge in [-0.05, 0) is 54.1 Å². The third kappa shape index (κ3) is 5.31. The molecule has 1 heterocycles. The van der Waals surface area contributed by atoms with Crippen LogP contribution < -0.4 is 14.4 Å². The van der Waals surface area contributed by atoms with E-state index in [0.29, 0.717) is 18.1 Å². The zero-order valence-corrected chi connectivity index (χ0v) is 16.4. The summed E-state index contributed by atoms with van der Waals surface area (Å²) in [6, 6.07) is 20.4. The lowest BCUT2D eigenvalue weighted by Gasteiger charge is -2.22. The van der Waals surface area contributed by atoms with Crippen molar-refractivity contribution in [3.8, 4) is 11.5 Å². The summed E-state index contributed by atoms with van der Waals surface area (Å²) in [6.07, 6.45) is 1.67. The standard InChI is InChI=1S/C21H19BrN2O3/c1-26-18-9-5-16(6-10-18)14-24(20-4-2-3-13-23-20)21(25)15-27-19-11-7-17(22)8-12-19/h2-13H,14-15H2,1H3. The molecule has 0 aliphatic rings. The minimum atomic E-state index is -0.174. The van der Waals surface area contributed by atoms with E-state index in [0.717, 1.165) is 15.8 Å². The number of anilines is 1. The molecule has 0 aliphatic carbocycles. The molecule has 0 fully saturated rings. The molecular formula is C21H19BrN2O3. The van der Waals surface area contributed by atoms with Crippen molar-refractivity contribution in [2.45, 2.75) is 6.54 Å². The Balaban J connectivity index is 1.74. The number of benzene rings is 2. The van der Waals surface area contributed by atoms with Crippen LogP contribution in [0.1, 0.15) is 5.56 Å². The van der Waals surface area contributed by atoms with Crippen molar-refractivity contribution in [2.75, 3.05) is 18.6 Å². The number of hydrogen-bond donors (Lipinski definition) is 0. The number of aromatic nitrogens is 1. The molecule has 0 saturated heterocycles. The van der Waals surface area contributed by atoms with Gasteiger partial charge in [0, 0.05) is 10.7 Å². The molecular weight excluding hydrogens is 408 g/mol. The number of methoxy groups -OCH3 is 1. The van der Waals surface area contributed by atoms with Crippen molar-refractivity contribution in [3.05, 3.63) is 83.0 Å². The average Bonchev–Trinajstić information content (AvgIpc) is 2.72. The number of carbonyl (C=O) groups is 1. The summed E-state index contributed by atoms with van der Waals surface area (Å²) in [5.74, 6) is 1.81. The molecule has 0 spiro atoms. The molecule has 0 bridgehead atoms. The number of pyridine rings is 1. The molecule has 0 N–H and O–H groups in total. The van der Waals surface area contributed by atoms with Crippen molar-refractivity contribution >= 4 is 27.7 Å². The maximum Gasteiger partial charge on any atom is 0.266 e. The van der Waals surface area contributed by atoms with Crippen LogP contribution in [0.2, 0.25) is 0 Å². The first-order valence-electron chi connectivity index (χ1n) is 8.38. The molecule has 2 aromatic carbocycles. The van der Waals surface area contributed by atoms with Gasteiger partial charge in [0.2, 0.25) is 0 Å². The molecule has 0 aliphatic heterocycles. The minimum Gasteiger partial charge on any atom is -0.497 e. The van der Waals surface area contributed by atoms with Crippen molar-refractivity contribution < 1.29 is 14.3 Å². The van der Waals surface area contributed by atoms with E-state index in [-0.39, 0.29) is 12.5 Å². The maximum absolute atomic E-state index is 12.8. The quantitative estimate of drug-likeness (QED) is 0.559. The number of carbonyl (C=O) groups excluding carboxylic acids is 1. The molecule has 0 saturated carbocycles. The summed E-state index contributed by atoms with van der Waals surface area (Å²) in [7, 11) is 1.62. The Morgan fingerprint density at radius 3 is 2.33 bits per heavy atom. The first-order chi connectivity index (χ1) is 13.2. The summed E-state index contributed by atoms with van der Waals surface area (Å²) in [5.41, 5.74) is 0.971. The number of ether oxygens (including phenoxy) is 2. The number of amides is 1. The van der Waals surface area contributed by atoms with Crippen LogP contribution in [0, 0.1) is 0 Å². The van der Waals surface area contributed by atoms with E-state index in [9.17, 15) is 4.79 Å². The van der Waals surface area contributed by atoms with Crippen molar-refractivity contribution in [1.82, 2.24) is 4.98 Å². The largest absolute Gasteiger partial charge is 0.497 e. The lowest BCUT2D eigenvalue weighted by Crippen LogP contribution is -2.35. The molecule has 138 valence electrons. The molecule has 27 heavy (non-hydrogen) atoms. The van der Waals surface area contributed by atoms with Crippen molar-refractivity contribution in [1.29, 1.82) is 0 Å². The normalized spacial score (nSPS) is 10.3. The third-order valence-electron chi connectivity index (χ3n) is 3.90. The number of rotatable bonds is 7. The molecule has 6 heteroatoms. The van der Waals surface area contributed by atoms with Crippen molar-refractivity contribution in [3.63, 3.8) is 0 Å².